The number of hydrogen-bond acceptors (Lipinski definition) is 2. The van der Waals surface area contributed by atoms with Crippen molar-refractivity contribution in [3.05, 3.63) is 170 Å². The van der Waals surface area contributed by atoms with Crippen molar-refractivity contribution in [2.75, 3.05) is 0 Å². The second-order valence-corrected chi connectivity index (χ2v) is 16.1. The molecular formula is C52H28BN5. The highest BCUT2D eigenvalue weighted by atomic mass is 15.1. The minimum atomic E-state index is -0.0416. The zero-order valence-corrected chi connectivity index (χ0v) is 31.0. The van der Waals surface area contributed by atoms with Gasteiger partial charge in [-0.05, 0) is 85.5 Å². The molecule has 3 aliphatic rings. The van der Waals surface area contributed by atoms with E-state index in [-0.39, 0.29) is 6.71 Å². The number of benzene rings is 9. The molecule has 0 unspecified atom stereocenters. The standard InChI is InChI=1S/C52H28BN5/c1-3-13-29(14-4-1)51-54-38-25-31-17-11-21-36-37-22-12-18-32-26-39-50-48(45(32)37)53-46-42(57(51)49(38)47(53)44(31)36)27-33(28-43(46)58(50)52(55-39)30-15-5-2-6-16-30)56-40-23-9-7-19-34(40)35-20-8-10-24-41(35)56/h1-28H. The lowest BCUT2D eigenvalue weighted by Gasteiger charge is -2.35. The SMILES string of the molecule is c1ccc(-c2nc3cc4cccc5c4c4c3n2-c2cc(-n3c6ccccc6c6ccccc63)cc3c2B4c2c4c-5cccc4cc4nc(-c5ccccc5)n-3c24)cc1. The monoisotopic (exact) mass is 733 g/mol. The van der Waals surface area contributed by atoms with E-state index in [1.54, 1.807) is 0 Å². The van der Waals surface area contributed by atoms with Crippen molar-refractivity contribution < 1.29 is 0 Å². The van der Waals surface area contributed by atoms with Crippen LogP contribution in [0.25, 0.3) is 116 Å². The maximum Gasteiger partial charge on any atom is 0.254 e. The highest BCUT2D eigenvalue weighted by Gasteiger charge is 2.45. The zero-order chi connectivity index (χ0) is 37.4. The fourth-order valence-electron chi connectivity index (χ4n) is 11.2. The van der Waals surface area contributed by atoms with Crippen LogP contribution in [0.15, 0.2) is 170 Å². The smallest absolute Gasteiger partial charge is 0.254 e. The van der Waals surface area contributed by atoms with E-state index in [1.165, 1.54) is 81.9 Å². The van der Waals surface area contributed by atoms with E-state index < -0.39 is 0 Å². The van der Waals surface area contributed by atoms with Crippen LogP contribution in [0.2, 0.25) is 0 Å². The van der Waals surface area contributed by atoms with E-state index >= 15 is 0 Å². The number of fused-ring (bicyclic) bond motifs is 6. The summed E-state index contributed by atoms with van der Waals surface area (Å²) in [5.74, 6) is 1.90. The van der Waals surface area contributed by atoms with Crippen molar-refractivity contribution >= 4 is 88.5 Å². The predicted octanol–water partition coefficient (Wildman–Crippen LogP) is 10.2. The summed E-state index contributed by atoms with van der Waals surface area (Å²) in [5.41, 5.74) is 18.9. The molecule has 0 saturated carbocycles. The lowest BCUT2D eigenvalue weighted by atomic mass is 9.33. The van der Waals surface area contributed by atoms with Crippen molar-refractivity contribution in [3.63, 3.8) is 0 Å². The summed E-state index contributed by atoms with van der Waals surface area (Å²) in [7, 11) is 0. The van der Waals surface area contributed by atoms with Gasteiger partial charge in [-0.1, -0.05) is 133 Å². The fraction of sp³-hybridized carbons (Fsp3) is 0. The topological polar surface area (TPSA) is 40.6 Å². The summed E-state index contributed by atoms with van der Waals surface area (Å²) < 4.78 is 7.46. The third-order valence-electron chi connectivity index (χ3n) is 13.3. The quantitative estimate of drug-likeness (QED) is 0.170. The lowest BCUT2D eigenvalue weighted by Crippen LogP contribution is -2.59. The molecule has 15 rings (SSSR count). The Morgan fingerprint density at radius 1 is 0.397 bits per heavy atom. The molecule has 0 amide bonds. The van der Waals surface area contributed by atoms with E-state index in [2.05, 4.69) is 184 Å². The van der Waals surface area contributed by atoms with Crippen molar-refractivity contribution in [2.24, 2.45) is 0 Å². The normalized spacial score (nSPS) is 13.1. The molecule has 9 aromatic carbocycles. The van der Waals surface area contributed by atoms with Gasteiger partial charge in [0.05, 0.1) is 38.8 Å². The Hall–Kier alpha value is -7.70. The third-order valence-corrected chi connectivity index (χ3v) is 13.3. The molecule has 0 spiro atoms. The van der Waals surface area contributed by atoms with Gasteiger partial charge in [-0.25, -0.2) is 9.97 Å². The van der Waals surface area contributed by atoms with Gasteiger partial charge in [-0.2, -0.15) is 0 Å². The number of para-hydroxylation sites is 2. The first-order valence-electron chi connectivity index (χ1n) is 20.0. The van der Waals surface area contributed by atoms with Crippen LogP contribution in [0.4, 0.5) is 0 Å². The molecule has 3 aliphatic heterocycles. The molecule has 0 saturated heterocycles. The maximum atomic E-state index is 5.59. The Kier molecular flexibility index (Phi) is 5.19. The second-order valence-electron chi connectivity index (χ2n) is 16.1. The van der Waals surface area contributed by atoms with Crippen molar-refractivity contribution in [3.8, 4) is 51.0 Å². The van der Waals surface area contributed by atoms with E-state index in [0.717, 1.165) is 50.9 Å². The Balaban J connectivity index is 1.23. The highest BCUT2D eigenvalue weighted by Crippen LogP contribution is 2.45. The molecule has 0 atom stereocenters. The van der Waals surface area contributed by atoms with Crippen LogP contribution in [-0.4, -0.2) is 30.4 Å². The van der Waals surface area contributed by atoms with Gasteiger partial charge in [-0.3, -0.25) is 9.13 Å². The summed E-state index contributed by atoms with van der Waals surface area (Å²) >= 11 is 0. The van der Waals surface area contributed by atoms with Crippen LogP contribution in [0.3, 0.4) is 0 Å². The first-order chi connectivity index (χ1) is 28.8. The average Bonchev–Trinajstić information content (AvgIpc) is 3.94. The van der Waals surface area contributed by atoms with Crippen molar-refractivity contribution in [2.45, 2.75) is 0 Å². The predicted molar refractivity (Wildman–Crippen MR) is 240 cm³/mol. The molecule has 264 valence electrons. The first kappa shape index (κ1) is 29.6. The first-order valence-corrected chi connectivity index (χ1v) is 20.0. The number of imidazole rings is 2. The second kappa shape index (κ2) is 10.2. The Bertz CT molecular complexity index is 3610. The van der Waals surface area contributed by atoms with Gasteiger partial charge in [0.25, 0.3) is 6.71 Å². The molecule has 0 fully saturated rings. The molecule has 58 heavy (non-hydrogen) atoms. The molecule has 0 aliphatic carbocycles. The minimum absolute atomic E-state index is 0.0416. The maximum absolute atomic E-state index is 5.59. The molecule has 12 aromatic rings. The van der Waals surface area contributed by atoms with Gasteiger partial charge < -0.3 is 4.57 Å². The lowest BCUT2D eigenvalue weighted by molar-refractivity contribution is 1.06. The van der Waals surface area contributed by atoms with E-state index in [0.29, 0.717) is 0 Å². The zero-order valence-electron chi connectivity index (χ0n) is 31.0. The van der Waals surface area contributed by atoms with Gasteiger partial charge in [0.15, 0.2) is 0 Å². The molecule has 0 radical (unpaired) electrons. The van der Waals surface area contributed by atoms with E-state index in [9.17, 15) is 0 Å². The van der Waals surface area contributed by atoms with Crippen LogP contribution in [0.5, 0.6) is 0 Å². The molecule has 0 N–H and O–H groups in total. The van der Waals surface area contributed by atoms with Gasteiger partial charge >= 0.3 is 0 Å². The van der Waals surface area contributed by atoms with Crippen LogP contribution < -0.4 is 16.4 Å². The Labute approximate surface area is 331 Å². The van der Waals surface area contributed by atoms with Gasteiger partial charge in [-0.15, -0.1) is 0 Å². The summed E-state index contributed by atoms with van der Waals surface area (Å²) in [6.45, 7) is -0.0416. The van der Waals surface area contributed by atoms with Gasteiger partial charge in [0.2, 0.25) is 0 Å². The Morgan fingerprint density at radius 2 is 0.862 bits per heavy atom. The average molecular weight is 734 g/mol. The number of nitrogens with zero attached hydrogens (tertiary/aromatic N) is 5. The van der Waals surface area contributed by atoms with Gasteiger partial charge in [0, 0.05) is 33.3 Å². The highest BCUT2D eigenvalue weighted by molar-refractivity contribution is 7.03. The van der Waals surface area contributed by atoms with Crippen LogP contribution in [0, 0.1) is 0 Å². The van der Waals surface area contributed by atoms with Crippen molar-refractivity contribution in [1.29, 1.82) is 0 Å². The molecule has 6 heterocycles. The van der Waals surface area contributed by atoms with Crippen molar-refractivity contribution in [1.82, 2.24) is 23.7 Å². The van der Waals surface area contributed by atoms with Gasteiger partial charge in [0.1, 0.15) is 11.6 Å². The number of rotatable bonds is 3. The van der Waals surface area contributed by atoms with Crippen LogP contribution in [-0.2, 0) is 0 Å². The number of aromatic nitrogens is 5. The molecule has 6 heteroatoms. The summed E-state index contributed by atoms with van der Waals surface area (Å²) in [4.78, 5) is 11.2. The summed E-state index contributed by atoms with van der Waals surface area (Å²) in [6, 6.07) is 62.3. The van der Waals surface area contributed by atoms with E-state index in [1.807, 2.05) is 0 Å². The molecule has 5 nitrogen and oxygen atoms in total. The Morgan fingerprint density at radius 3 is 1.36 bits per heavy atom. The summed E-state index contributed by atoms with van der Waals surface area (Å²) in [6.07, 6.45) is 0. The molecule has 0 bridgehead atoms. The van der Waals surface area contributed by atoms with Crippen LogP contribution in [0.1, 0.15) is 0 Å². The third kappa shape index (κ3) is 3.40. The van der Waals surface area contributed by atoms with E-state index in [4.69, 9.17) is 9.97 Å². The molecule has 3 aromatic heterocycles. The molecular weight excluding hydrogens is 705 g/mol. The minimum Gasteiger partial charge on any atom is -0.309 e. The van der Waals surface area contributed by atoms with Crippen LogP contribution >= 0.6 is 0 Å². The number of hydrogen-bond donors (Lipinski definition) is 0. The summed E-state index contributed by atoms with van der Waals surface area (Å²) in [5, 5.41) is 7.57. The largest absolute Gasteiger partial charge is 0.309 e. The fourth-order valence-corrected chi connectivity index (χ4v) is 11.2.